The molecule has 0 aliphatic carbocycles. The van der Waals surface area contributed by atoms with E-state index in [2.05, 4.69) is 0 Å². The predicted molar refractivity (Wildman–Crippen MR) is 69.9 cm³/mol. The van der Waals surface area contributed by atoms with Crippen LogP contribution in [0.3, 0.4) is 0 Å². The first kappa shape index (κ1) is 15.7. The molecule has 0 bridgehead atoms. The number of hydrogen-bond donors (Lipinski definition) is 2. The minimum atomic E-state index is -1.13. The minimum absolute atomic E-state index is 0.00231. The van der Waals surface area contributed by atoms with Crippen molar-refractivity contribution in [2.45, 2.75) is 19.3 Å². The molecule has 1 aromatic rings. The standard InChI is InChI=1S/C14H16O6/c1-20-11-4-2-3-9(7-11)14(19)10(8-13(17)18)5-6-12(15)16/h2-4,7,10H,5-6,8H2,1H3,(H,15,16)(H,17,18)/t10-/m0/s1. The Hall–Kier alpha value is -2.37. The van der Waals surface area contributed by atoms with E-state index >= 15 is 0 Å². The number of carboxylic acids is 2. The number of hydrogen-bond acceptors (Lipinski definition) is 4. The zero-order chi connectivity index (χ0) is 15.1. The lowest BCUT2D eigenvalue weighted by Crippen LogP contribution is -2.20. The SMILES string of the molecule is COc1cccc(C(=O)[C@@H](CCC(=O)O)CC(=O)O)c1. The van der Waals surface area contributed by atoms with Gasteiger partial charge in [-0.2, -0.15) is 0 Å². The van der Waals surface area contributed by atoms with Gasteiger partial charge in [0.05, 0.1) is 13.5 Å². The first-order valence-corrected chi connectivity index (χ1v) is 6.06. The molecular formula is C14H16O6. The zero-order valence-corrected chi connectivity index (χ0v) is 11.0. The maximum Gasteiger partial charge on any atom is 0.304 e. The summed E-state index contributed by atoms with van der Waals surface area (Å²) >= 11 is 0. The topological polar surface area (TPSA) is 101 Å². The van der Waals surface area contributed by atoms with Crippen LogP contribution in [0, 0.1) is 5.92 Å². The highest BCUT2D eigenvalue weighted by Crippen LogP contribution is 2.21. The molecule has 0 unspecified atom stereocenters. The Kier molecular flexibility index (Phi) is 5.71. The van der Waals surface area contributed by atoms with Crippen molar-refractivity contribution in [2.75, 3.05) is 7.11 Å². The van der Waals surface area contributed by atoms with Gasteiger partial charge in [-0.05, 0) is 18.6 Å². The Morgan fingerprint density at radius 3 is 2.45 bits per heavy atom. The molecule has 0 saturated carbocycles. The molecule has 0 aliphatic heterocycles. The molecule has 0 aliphatic rings. The zero-order valence-electron chi connectivity index (χ0n) is 11.0. The number of carbonyl (C=O) groups excluding carboxylic acids is 1. The van der Waals surface area contributed by atoms with Gasteiger partial charge in [0.15, 0.2) is 5.78 Å². The number of methoxy groups -OCH3 is 1. The summed E-state index contributed by atoms with van der Waals surface area (Å²) in [6.45, 7) is 0. The summed E-state index contributed by atoms with van der Waals surface area (Å²) < 4.78 is 5.00. The summed E-state index contributed by atoms with van der Waals surface area (Å²) in [5, 5.41) is 17.5. The number of rotatable bonds is 8. The third kappa shape index (κ3) is 4.72. The van der Waals surface area contributed by atoms with Gasteiger partial charge in [-0.3, -0.25) is 14.4 Å². The number of benzene rings is 1. The molecule has 0 fully saturated rings. The molecule has 6 nitrogen and oxygen atoms in total. The van der Waals surface area contributed by atoms with Gasteiger partial charge >= 0.3 is 11.9 Å². The van der Waals surface area contributed by atoms with Crippen molar-refractivity contribution in [2.24, 2.45) is 5.92 Å². The number of carbonyl (C=O) groups is 3. The second-order valence-corrected chi connectivity index (χ2v) is 4.32. The number of ether oxygens (including phenoxy) is 1. The summed E-state index contributed by atoms with van der Waals surface area (Å²) in [5.74, 6) is -2.93. The predicted octanol–water partition coefficient (Wildman–Crippen LogP) is 1.83. The average molecular weight is 280 g/mol. The molecule has 0 saturated heterocycles. The van der Waals surface area contributed by atoms with Gasteiger partial charge < -0.3 is 14.9 Å². The summed E-state index contributed by atoms with van der Waals surface area (Å²) in [5.41, 5.74) is 0.320. The Labute approximate surface area is 116 Å². The molecule has 0 radical (unpaired) electrons. The third-order valence-electron chi connectivity index (χ3n) is 2.85. The molecule has 1 rings (SSSR count). The van der Waals surface area contributed by atoms with Crippen LogP contribution in [0.25, 0.3) is 0 Å². The molecule has 1 atom stereocenters. The van der Waals surface area contributed by atoms with Gasteiger partial charge in [-0.25, -0.2) is 0 Å². The Balaban J connectivity index is 2.90. The molecule has 1 aromatic carbocycles. The summed E-state index contributed by atoms with van der Waals surface area (Å²) in [4.78, 5) is 33.6. The van der Waals surface area contributed by atoms with E-state index in [0.29, 0.717) is 11.3 Å². The quantitative estimate of drug-likeness (QED) is 0.704. The number of ketones is 1. The molecule has 6 heteroatoms. The van der Waals surface area contributed by atoms with E-state index in [1.807, 2.05) is 0 Å². The first-order chi connectivity index (χ1) is 9.43. The molecule has 2 N–H and O–H groups in total. The Bertz CT molecular complexity index is 508. The third-order valence-corrected chi connectivity index (χ3v) is 2.85. The van der Waals surface area contributed by atoms with E-state index in [1.165, 1.54) is 13.2 Å². The maximum atomic E-state index is 12.2. The highest BCUT2D eigenvalue weighted by atomic mass is 16.5. The normalized spacial score (nSPS) is 11.7. The van der Waals surface area contributed by atoms with E-state index in [9.17, 15) is 14.4 Å². The minimum Gasteiger partial charge on any atom is -0.497 e. The van der Waals surface area contributed by atoms with Crippen LogP contribution < -0.4 is 4.74 Å². The lowest BCUT2D eigenvalue weighted by molar-refractivity contribution is -0.140. The highest BCUT2D eigenvalue weighted by molar-refractivity contribution is 5.99. The van der Waals surface area contributed by atoms with Gasteiger partial charge in [0.2, 0.25) is 0 Å². The lowest BCUT2D eigenvalue weighted by atomic mass is 9.90. The van der Waals surface area contributed by atoms with Gasteiger partial charge in [-0.1, -0.05) is 12.1 Å². The molecule has 0 heterocycles. The van der Waals surface area contributed by atoms with Gasteiger partial charge in [0, 0.05) is 17.9 Å². The molecule has 0 spiro atoms. The Morgan fingerprint density at radius 2 is 1.90 bits per heavy atom. The van der Waals surface area contributed by atoms with Crippen molar-refractivity contribution in [3.8, 4) is 5.75 Å². The average Bonchev–Trinajstić information content (AvgIpc) is 2.42. The van der Waals surface area contributed by atoms with E-state index in [0.717, 1.165) is 0 Å². The fourth-order valence-electron chi connectivity index (χ4n) is 1.85. The second kappa shape index (κ2) is 7.28. The molecule has 108 valence electrons. The van der Waals surface area contributed by atoms with E-state index in [4.69, 9.17) is 14.9 Å². The molecule has 20 heavy (non-hydrogen) atoms. The highest BCUT2D eigenvalue weighted by Gasteiger charge is 2.24. The number of aliphatic carboxylic acids is 2. The van der Waals surface area contributed by atoms with Gasteiger partial charge in [0.1, 0.15) is 5.75 Å². The van der Waals surface area contributed by atoms with E-state index < -0.39 is 17.9 Å². The second-order valence-electron chi connectivity index (χ2n) is 4.32. The van der Waals surface area contributed by atoms with E-state index in [1.54, 1.807) is 18.2 Å². The summed E-state index contributed by atoms with van der Waals surface area (Å²) in [6, 6.07) is 6.36. The molecule has 0 amide bonds. The monoisotopic (exact) mass is 280 g/mol. The first-order valence-electron chi connectivity index (χ1n) is 6.06. The van der Waals surface area contributed by atoms with Crippen molar-refractivity contribution in [1.82, 2.24) is 0 Å². The lowest BCUT2D eigenvalue weighted by Gasteiger charge is -2.13. The van der Waals surface area contributed by atoms with Crippen LogP contribution in [0.2, 0.25) is 0 Å². The molecule has 0 aromatic heterocycles. The van der Waals surface area contributed by atoms with Crippen molar-refractivity contribution in [1.29, 1.82) is 0 Å². The van der Waals surface area contributed by atoms with Crippen LogP contribution in [-0.4, -0.2) is 35.0 Å². The number of Topliss-reactive ketones (excluding diaryl/α,β-unsaturated/α-hetero) is 1. The summed E-state index contributed by atoms with van der Waals surface area (Å²) in [6.07, 6.45) is -0.630. The van der Waals surface area contributed by atoms with Crippen LogP contribution in [0.15, 0.2) is 24.3 Å². The van der Waals surface area contributed by atoms with Crippen molar-refractivity contribution < 1.29 is 29.3 Å². The van der Waals surface area contributed by atoms with Crippen LogP contribution in [0.5, 0.6) is 5.75 Å². The largest absolute Gasteiger partial charge is 0.497 e. The van der Waals surface area contributed by atoms with Crippen molar-refractivity contribution in [3.05, 3.63) is 29.8 Å². The smallest absolute Gasteiger partial charge is 0.304 e. The van der Waals surface area contributed by atoms with Crippen LogP contribution in [-0.2, 0) is 9.59 Å². The number of carboxylic acid groups (broad SMARTS) is 2. The van der Waals surface area contributed by atoms with Gasteiger partial charge in [-0.15, -0.1) is 0 Å². The Morgan fingerprint density at radius 1 is 1.20 bits per heavy atom. The molecular weight excluding hydrogens is 264 g/mol. The van der Waals surface area contributed by atoms with Crippen molar-refractivity contribution in [3.63, 3.8) is 0 Å². The van der Waals surface area contributed by atoms with Gasteiger partial charge in [0.25, 0.3) is 0 Å². The fourth-order valence-corrected chi connectivity index (χ4v) is 1.85. The maximum absolute atomic E-state index is 12.2. The van der Waals surface area contributed by atoms with Crippen LogP contribution in [0.4, 0.5) is 0 Å². The van der Waals surface area contributed by atoms with Crippen LogP contribution >= 0.6 is 0 Å². The van der Waals surface area contributed by atoms with Crippen molar-refractivity contribution >= 4 is 17.7 Å². The summed E-state index contributed by atoms with van der Waals surface area (Å²) in [7, 11) is 1.46. The van der Waals surface area contributed by atoms with E-state index in [-0.39, 0.29) is 25.0 Å². The fraction of sp³-hybridized carbons (Fsp3) is 0.357. The van der Waals surface area contributed by atoms with Crippen LogP contribution in [0.1, 0.15) is 29.6 Å².